The van der Waals surface area contributed by atoms with E-state index < -0.39 is 17.7 Å². The van der Waals surface area contributed by atoms with E-state index in [1.165, 1.54) is 17.0 Å². The molecule has 2 N–H and O–H groups in total. The van der Waals surface area contributed by atoms with Gasteiger partial charge in [-0.3, -0.25) is 14.5 Å². The highest BCUT2D eigenvalue weighted by atomic mass is 16.3. The number of carbonyl (C=O) groups excluding carboxylic acids is 2. The maximum Gasteiger partial charge on any atom is 0.294 e. The van der Waals surface area contributed by atoms with Crippen LogP contribution in [0.1, 0.15) is 29.2 Å². The first-order valence-electron chi connectivity index (χ1n) is 10.1. The first-order chi connectivity index (χ1) is 15.5. The zero-order valence-corrected chi connectivity index (χ0v) is 17.1. The van der Waals surface area contributed by atoms with E-state index in [1.54, 1.807) is 36.4 Å². The fourth-order valence-corrected chi connectivity index (χ4v) is 3.90. The van der Waals surface area contributed by atoms with Crippen molar-refractivity contribution in [3.8, 4) is 11.8 Å². The standard InChI is InChI=1S/C26H20N2O4/c27-16-18-9-12-20(13-10-18)28-24(19-7-4-8-21(29)15-19)23(25(31)26(28)32)22(30)14-11-17-5-2-1-3-6-17/h1-10,12-13,15,24,29,31H,11,14H2. The van der Waals surface area contributed by atoms with Gasteiger partial charge in [0.15, 0.2) is 11.5 Å². The molecule has 6 nitrogen and oxygen atoms in total. The molecule has 0 saturated heterocycles. The molecule has 1 aliphatic rings. The number of rotatable bonds is 6. The van der Waals surface area contributed by atoms with Crippen LogP contribution in [0.15, 0.2) is 90.2 Å². The Hall–Kier alpha value is -4.37. The smallest absolute Gasteiger partial charge is 0.294 e. The lowest BCUT2D eigenvalue weighted by Crippen LogP contribution is -2.31. The van der Waals surface area contributed by atoms with E-state index in [9.17, 15) is 19.8 Å². The molecule has 0 bridgehead atoms. The molecular formula is C26H20N2O4. The Bertz CT molecular complexity index is 1240. The Morgan fingerprint density at radius 2 is 1.69 bits per heavy atom. The number of aliphatic hydroxyl groups is 1. The van der Waals surface area contributed by atoms with Crippen molar-refractivity contribution in [1.82, 2.24) is 0 Å². The Balaban J connectivity index is 1.73. The number of hydrogen-bond donors (Lipinski definition) is 2. The molecule has 158 valence electrons. The van der Waals surface area contributed by atoms with E-state index in [4.69, 9.17) is 5.26 Å². The normalized spacial score (nSPS) is 15.7. The topological polar surface area (TPSA) is 102 Å². The van der Waals surface area contributed by atoms with Crippen molar-refractivity contribution < 1.29 is 19.8 Å². The largest absolute Gasteiger partial charge is 0.508 e. The average Bonchev–Trinajstić information content (AvgIpc) is 3.09. The third kappa shape index (κ3) is 3.96. The van der Waals surface area contributed by atoms with Crippen molar-refractivity contribution in [3.63, 3.8) is 0 Å². The van der Waals surface area contributed by atoms with Crippen molar-refractivity contribution in [3.05, 3.63) is 107 Å². The van der Waals surface area contributed by atoms with Gasteiger partial charge in [0.2, 0.25) is 0 Å². The number of phenolic OH excluding ortho intramolecular Hbond substituents is 1. The number of aromatic hydroxyl groups is 1. The van der Waals surface area contributed by atoms with Crippen molar-refractivity contribution >= 4 is 17.4 Å². The quantitative estimate of drug-likeness (QED) is 0.612. The molecule has 4 rings (SSSR count). The summed E-state index contributed by atoms with van der Waals surface area (Å²) in [7, 11) is 0. The first kappa shape index (κ1) is 20.9. The Kier molecular flexibility index (Phi) is 5.73. The van der Waals surface area contributed by atoms with Gasteiger partial charge in [0.25, 0.3) is 5.91 Å². The van der Waals surface area contributed by atoms with E-state index in [0.29, 0.717) is 23.2 Å². The van der Waals surface area contributed by atoms with Crippen molar-refractivity contribution in [2.75, 3.05) is 4.90 Å². The summed E-state index contributed by atoms with van der Waals surface area (Å²) in [6, 6.07) is 23.2. The zero-order chi connectivity index (χ0) is 22.7. The number of nitriles is 1. The summed E-state index contributed by atoms with van der Waals surface area (Å²) in [5, 5.41) is 29.8. The molecule has 0 saturated carbocycles. The van der Waals surface area contributed by atoms with Gasteiger partial charge in [-0.25, -0.2) is 0 Å². The minimum absolute atomic E-state index is 0.000825. The minimum atomic E-state index is -0.897. The highest BCUT2D eigenvalue weighted by molar-refractivity contribution is 6.16. The SMILES string of the molecule is N#Cc1ccc(N2C(=O)C(O)=C(C(=O)CCc3ccccc3)C2c2cccc(O)c2)cc1. The second kappa shape index (κ2) is 8.78. The lowest BCUT2D eigenvalue weighted by molar-refractivity contribution is -0.118. The number of benzene rings is 3. The van der Waals surface area contributed by atoms with Crippen LogP contribution in [-0.2, 0) is 16.0 Å². The van der Waals surface area contributed by atoms with Gasteiger partial charge in [0.05, 0.1) is 23.2 Å². The van der Waals surface area contributed by atoms with Crippen LogP contribution >= 0.6 is 0 Å². The number of carbonyl (C=O) groups is 2. The molecule has 1 aliphatic heterocycles. The van der Waals surface area contributed by atoms with Crippen LogP contribution in [0.3, 0.4) is 0 Å². The van der Waals surface area contributed by atoms with Gasteiger partial charge in [-0.1, -0.05) is 42.5 Å². The molecule has 1 amide bonds. The summed E-state index contributed by atoms with van der Waals surface area (Å²) in [6.07, 6.45) is 0.585. The van der Waals surface area contributed by atoms with Crippen molar-refractivity contribution in [2.24, 2.45) is 0 Å². The fourth-order valence-electron chi connectivity index (χ4n) is 3.90. The monoisotopic (exact) mass is 424 g/mol. The Morgan fingerprint density at radius 1 is 0.969 bits per heavy atom. The predicted octanol–water partition coefficient (Wildman–Crippen LogP) is 4.37. The molecule has 1 atom stereocenters. The van der Waals surface area contributed by atoms with Crippen molar-refractivity contribution in [1.29, 1.82) is 5.26 Å². The number of ketones is 1. The predicted molar refractivity (Wildman–Crippen MR) is 119 cm³/mol. The van der Waals surface area contributed by atoms with Gasteiger partial charge >= 0.3 is 0 Å². The Morgan fingerprint density at radius 3 is 2.34 bits per heavy atom. The fraction of sp³-hybridized carbons (Fsp3) is 0.115. The number of nitrogens with zero attached hydrogens (tertiary/aromatic N) is 2. The van der Waals surface area contributed by atoms with Crippen LogP contribution in [0.2, 0.25) is 0 Å². The lowest BCUT2D eigenvalue weighted by atomic mass is 9.93. The molecule has 0 spiro atoms. The van der Waals surface area contributed by atoms with Gasteiger partial charge in [-0.15, -0.1) is 0 Å². The van der Waals surface area contributed by atoms with Gasteiger partial charge in [-0.2, -0.15) is 5.26 Å². The van der Waals surface area contributed by atoms with E-state index in [0.717, 1.165) is 5.56 Å². The van der Waals surface area contributed by atoms with Crippen LogP contribution in [0.4, 0.5) is 5.69 Å². The highest BCUT2D eigenvalue weighted by Crippen LogP contribution is 2.42. The van der Waals surface area contributed by atoms with E-state index in [-0.39, 0.29) is 23.5 Å². The molecular weight excluding hydrogens is 404 g/mol. The van der Waals surface area contributed by atoms with Gasteiger partial charge in [-0.05, 0) is 53.9 Å². The maximum absolute atomic E-state index is 13.2. The van der Waals surface area contributed by atoms with Gasteiger partial charge < -0.3 is 10.2 Å². The maximum atomic E-state index is 13.2. The van der Waals surface area contributed by atoms with Crippen LogP contribution in [0.25, 0.3) is 0 Å². The molecule has 0 fully saturated rings. The molecule has 3 aromatic rings. The molecule has 0 aromatic heterocycles. The van der Waals surface area contributed by atoms with E-state index in [1.807, 2.05) is 36.4 Å². The van der Waals surface area contributed by atoms with Crippen LogP contribution in [0.5, 0.6) is 5.75 Å². The third-order valence-corrected chi connectivity index (χ3v) is 5.45. The molecule has 1 unspecified atom stereocenters. The van der Waals surface area contributed by atoms with Crippen LogP contribution in [0, 0.1) is 11.3 Å². The summed E-state index contributed by atoms with van der Waals surface area (Å²) >= 11 is 0. The number of amides is 1. The summed E-state index contributed by atoms with van der Waals surface area (Å²) < 4.78 is 0. The number of aryl methyl sites for hydroxylation is 1. The molecule has 3 aromatic carbocycles. The van der Waals surface area contributed by atoms with Crippen molar-refractivity contribution in [2.45, 2.75) is 18.9 Å². The Labute approximate surface area is 185 Å². The number of anilines is 1. The second-order valence-electron chi connectivity index (χ2n) is 7.50. The third-order valence-electron chi connectivity index (χ3n) is 5.45. The molecule has 32 heavy (non-hydrogen) atoms. The lowest BCUT2D eigenvalue weighted by Gasteiger charge is -2.27. The number of phenols is 1. The molecule has 6 heteroatoms. The average molecular weight is 424 g/mol. The van der Waals surface area contributed by atoms with Crippen LogP contribution < -0.4 is 4.90 Å². The second-order valence-corrected chi connectivity index (χ2v) is 7.50. The minimum Gasteiger partial charge on any atom is -0.508 e. The van der Waals surface area contributed by atoms with E-state index in [2.05, 4.69) is 0 Å². The summed E-state index contributed by atoms with van der Waals surface area (Å²) in [4.78, 5) is 27.6. The molecule has 1 heterocycles. The zero-order valence-electron chi connectivity index (χ0n) is 17.1. The summed E-state index contributed by atoms with van der Waals surface area (Å²) in [5.41, 5.74) is 2.32. The highest BCUT2D eigenvalue weighted by Gasteiger charge is 2.44. The van der Waals surface area contributed by atoms with Gasteiger partial charge in [0.1, 0.15) is 5.75 Å². The first-order valence-corrected chi connectivity index (χ1v) is 10.1. The van der Waals surface area contributed by atoms with Crippen LogP contribution in [-0.4, -0.2) is 21.9 Å². The number of hydrogen-bond acceptors (Lipinski definition) is 5. The van der Waals surface area contributed by atoms with E-state index >= 15 is 0 Å². The number of Topliss-reactive ketones (excluding diaryl/α,β-unsaturated/α-hetero) is 1. The molecule has 0 aliphatic carbocycles. The van der Waals surface area contributed by atoms with Gasteiger partial charge in [0, 0.05) is 12.1 Å². The number of aliphatic hydroxyl groups excluding tert-OH is 1. The molecule has 0 radical (unpaired) electrons. The summed E-state index contributed by atoms with van der Waals surface area (Å²) in [6.45, 7) is 0. The summed E-state index contributed by atoms with van der Waals surface area (Å²) in [5.74, 6) is -1.66.